The molecule has 3 rings (SSSR count). The topological polar surface area (TPSA) is 53.6 Å². The number of aryl methyl sites for hydroxylation is 1. The number of anilines is 1. The van der Waals surface area contributed by atoms with E-state index in [0.717, 1.165) is 57.1 Å². The number of carbonyl (C=O) groups is 1. The van der Waals surface area contributed by atoms with Crippen LogP contribution in [0, 0.1) is 0 Å². The molecule has 102 valence electrons. The molecule has 19 heavy (non-hydrogen) atoms. The summed E-state index contributed by atoms with van der Waals surface area (Å²) in [5, 5.41) is 6.20. The number of urea groups is 1. The lowest BCUT2D eigenvalue weighted by molar-refractivity contribution is 0.204. The molecule has 2 aliphatic rings. The van der Waals surface area contributed by atoms with Crippen molar-refractivity contribution in [3.63, 3.8) is 0 Å². The summed E-state index contributed by atoms with van der Waals surface area (Å²) in [5.41, 5.74) is 2.04. The highest BCUT2D eigenvalue weighted by Gasteiger charge is 2.17. The first kappa shape index (κ1) is 12.3. The molecule has 1 aromatic rings. The number of piperazine rings is 1. The van der Waals surface area contributed by atoms with Gasteiger partial charge in [0.05, 0.1) is 6.61 Å². The van der Waals surface area contributed by atoms with Crippen LogP contribution in [0.5, 0.6) is 5.75 Å². The van der Waals surface area contributed by atoms with Gasteiger partial charge in [-0.3, -0.25) is 0 Å². The van der Waals surface area contributed by atoms with Gasteiger partial charge in [-0.05, 0) is 36.6 Å². The fraction of sp³-hybridized carbons (Fsp3) is 0.500. The Morgan fingerprint density at radius 3 is 3.00 bits per heavy atom. The first-order valence-electron chi connectivity index (χ1n) is 6.85. The normalized spacial score (nSPS) is 18.4. The van der Waals surface area contributed by atoms with E-state index >= 15 is 0 Å². The van der Waals surface area contributed by atoms with Crippen LogP contribution < -0.4 is 15.4 Å². The number of hydrogen-bond donors (Lipinski definition) is 2. The maximum Gasteiger partial charge on any atom is 0.321 e. The van der Waals surface area contributed by atoms with Crippen molar-refractivity contribution >= 4 is 11.7 Å². The van der Waals surface area contributed by atoms with Crippen molar-refractivity contribution in [3.05, 3.63) is 23.8 Å². The van der Waals surface area contributed by atoms with E-state index < -0.39 is 0 Å². The molecule has 5 heteroatoms. The second-order valence-electron chi connectivity index (χ2n) is 4.94. The smallest absolute Gasteiger partial charge is 0.321 e. The molecule has 2 amide bonds. The van der Waals surface area contributed by atoms with E-state index in [1.165, 1.54) is 5.56 Å². The molecule has 1 aromatic carbocycles. The van der Waals surface area contributed by atoms with Gasteiger partial charge in [0.25, 0.3) is 0 Å². The lowest BCUT2D eigenvalue weighted by Crippen LogP contribution is -2.48. The number of nitrogens with one attached hydrogen (secondary N) is 2. The van der Waals surface area contributed by atoms with Crippen molar-refractivity contribution in [2.45, 2.75) is 12.8 Å². The summed E-state index contributed by atoms with van der Waals surface area (Å²) in [6.07, 6.45) is 2.06. The molecular formula is C14H19N3O2. The van der Waals surface area contributed by atoms with Gasteiger partial charge in [0, 0.05) is 31.9 Å². The van der Waals surface area contributed by atoms with Crippen LogP contribution in [0.2, 0.25) is 0 Å². The summed E-state index contributed by atoms with van der Waals surface area (Å²) in [5.74, 6) is 0.950. The molecule has 0 atom stereocenters. The van der Waals surface area contributed by atoms with Gasteiger partial charge in [0.2, 0.25) is 0 Å². The van der Waals surface area contributed by atoms with E-state index in [1.54, 1.807) is 0 Å². The zero-order valence-corrected chi connectivity index (χ0v) is 10.9. The van der Waals surface area contributed by atoms with E-state index in [1.807, 2.05) is 23.1 Å². The predicted octanol–water partition coefficient (Wildman–Crippen LogP) is 1.45. The zero-order chi connectivity index (χ0) is 13.1. The molecule has 2 N–H and O–H groups in total. The van der Waals surface area contributed by atoms with E-state index in [0.29, 0.717) is 0 Å². The molecule has 0 radical (unpaired) electrons. The van der Waals surface area contributed by atoms with Crippen molar-refractivity contribution in [1.82, 2.24) is 10.2 Å². The lowest BCUT2D eigenvalue weighted by atomic mass is 10.1. The van der Waals surface area contributed by atoms with Crippen LogP contribution in [0.25, 0.3) is 0 Å². The quantitative estimate of drug-likeness (QED) is 0.804. The van der Waals surface area contributed by atoms with E-state index in [4.69, 9.17) is 4.74 Å². The Kier molecular flexibility index (Phi) is 3.55. The Morgan fingerprint density at radius 2 is 2.16 bits per heavy atom. The van der Waals surface area contributed by atoms with Gasteiger partial charge in [0.15, 0.2) is 0 Å². The van der Waals surface area contributed by atoms with Crippen LogP contribution >= 0.6 is 0 Å². The number of carbonyl (C=O) groups excluding carboxylic acids is 1. The molecule has 0 unspecified atom stereocenters. The zero-order valence-electron chi connectivity index (χ0n) is 10.9. The van der Waals surface area contributed by atoms with Gasteiger partial charge >= 0.3 is 6.03 Å². The van der Waals surface area contributed by atoms with Gasteiger partial charge in [-0.15, -0.1) is 0 Å². The number of rotatable bonds is 1. The molecule has 0 aliphatic carbocycles. The van der Waals surface area contributed by atoms with Crippen LogP contribution in [0.15, 0.2) is 18.2 Å². The largest absolute Gasteiger partial charge is 0.493 e. The van der Waals surface area contributed by atoms with Gasteiger partial charge in [-0.2, -0.15) is 0 Å². The third-order valence-electron chi connectivity index (χ3n) is 3.56. The van der Waals surface area contributed by atoms with Gasteiger partial charge in [0.1, 0.15) is 5.75 Å². The van der Waals surface area contributed by atoms with Crippen LogP contribution in [0.4, 0.5) is 10.5 Å². The number of hydrogen-bond acceptors (Lipinski definition) is 3. The lowest BCUT2D eigenvalue weighted by Gasteiger charge is -2.27. The highest BCUT2D eigenvalue weighted by Crippen LogP contribution is 2.27. The summed E-state index contributed by atoms with van der Waals surface area (Å²) in [4.78, 5) is 13.9. The van der Waals surface area contributed by atoms with Crippen molar-refractivity contribution in [1.29, 1.82) is 0 Å². The summed E-state index contributed by atoms with van der Waals surface area (Å²) in [6, 6.07) is 5.86. The number of amides is 2. The van der Waals surface area contributed by atoms with Crippen molar-refractivity contribution in [2.24, 2.45) is 0 Å². The molecule has 1 saturated heterocycles. The van der Waals surface area contributed by atoms with Crippen molar-refractivity contribution in [2.75, 3.05) is 38.1 Å². The summed E-state index contributed by atoms with van der Waals surface area (Å²) in [6.45, 7) is 4.05. The number of fused-ring (bicyclic) bond motifs is 1. The van der Waals surface area contributed by atoms with Crippen LogP contribution in [0.3, 0.4) is 0 Å². The number of nitrogens with zero attached hydrogens (tertiary/aromatic N) is 1. The highest BCUT2D eigenvalue weighted by molar-refractivity contribution is 5.89. The molecule has 2 heterocycles. The van der Waals surface area contributed by atoms with Gasteiger partial charge < -0.3 is 20.3 Å². The third-order valence-corrected chi connectivity index (χ3v) is 3.56. The van der Waals surface area contributed by atoms with Crippen LogP contribution in [-0.2, 0) is 6.42 Å². The highest BCUT2D eigenvalue weighted by atomic mass is 16.5. The molecule has 0 spiro atoms. The second kappa shape index (κ2) is 5.48. The molecule has 0 bridgehead atoms. The average Bonchev–Trinajstić information content (AvgIpc) is 2.48. The molecular weight excluding hydrogens is 242 g/mol. The maximum absolute atomic E-state index is 12.1. The first-order valence-corrected chi connectivity index (χ1v) is 6.85. The summed E-state index contributed by atoms with van der Waals surface area (Å²) < 4.78 is 5.57. The van der Waals surface area contributed by atoms with Crippen LogP contribution in [0.1, 0.15) is 12.0 Å². The summed E-state index contributed by atoms with van der Waals surface area (Å²) in [7, 11) is 0. The number of ether oxygens (including phenoxy) is 1. The first-order chi connectivity index (χ1) is 9.33. The van der Waals surface area contributed by atoms with Crippen molar-refractivity contribution < 1.29 is 9.53 Å². The van der Waals surface area contributed by atoms with Crippen LogP contribution in [-0.4, -0.2) is 43.7 Å². The maximum atomic E-state index is 12.1. The molecule has 0 aromatic heterocycles. The summed E-state index contributed by atoms with van der Waals surface area (Å²) >= 11 is 0. The molecule has 2 aliphatic heterocycles. The minimum absolute atomic E-state index is 0.0156. The van der Waals surface area contributed by atoms with Gasteiger partial charge in [-0.1, -0.05) is 0 Å². The minimum Gasteiger partial charge on any atom is -0.493 e. The average molecular weight is 261 g/mol. The molecule has 1 fully saturated rings. The van der Waals surface area contributed by atoms with Crippen molar-refractivity contribution in [3.8, 4) is 5.75 Å². The Hall–Kier alpha value is -1.75. The van der Waals surface area contributed by atoms with E-state index in [9.17, 15) is 4.79 Å². The van der Waals surface area contributed by atoms with E-state index in [2.05, 4.69) is 10.6 Å². The van der Waals surface area contributed by atoms with E-state index in [-0.39, 0.29) is 6.03 Å². The number of benzene rings is 1. The third kappa shape index (κ3) is 2.81. The second-order valence-corrected chi connectivity index (χ2v) is 4.94. The minimum atomic E-state index is -0.0156. The fourth-order valence-corrected chi connectivity index (χ4v) is 2.51. The molecule has 5 nitrogen and oxygen atoms in total. The Labute approximate surface area is 112 Å². The Balaban J connectivity index is 1.67. The predicted molar refractivity (Wildman–Crippen MR) is 73.7 cm³/mol. The van der Waals surface area contributed by atoms with Gasteiger partial charge in [-0.25, -0.2) is 4.79 Å². The molecule has 0 saturated carbocycles. The Morgan fingerprint density at radius 1 is 1.32 bits per heavy atom. The monoisotopic (exact) mass is 261 g/mol. The Bertz CT molecular complexity index is 470. The standard InChI is InChI=1S/C14H19N3O2/c18-14(17-7-5-15-6-8-17)16-12-3-4-13-11(10-12)2-1-9-19-13/h3-4,10,15H,1-2,5-9H2,(H,16,18). The SMILES string of the molecule is O=C(Nc1ccc2c(c1)CCCO2)N1CCNCC1. The fourth-order valence-electron chi connectivity index (χ4n) is 2.51.